The van der Waals surface area contributed by atoms with Gasteiger partial charge in [0.05, 0.1) is 26.1 Å². The summed E-state index contributed by atoms with van der Waals surface area (Å²) in [6.45, 7) is 1.86. The normalized spacial score (nSPS) is 19.9. The van der Waals surface area contributed by atoms with E-state index in [0.29, 0.717) is 26.1 Å². The number of aromatic nitrogens is 2. The summed E-state index contributed by atoms with van der Waals surface area (Å²) in [7, 11) is 1.37. The Morgan fingerprint density at radius 2 is 2.17 bits per heavy atom. The summed E-state index contributed by atoms with van der Waals surface area (Å²) in [6, 6.07) is 14.2. The summed E-state index contributed by atoms with van der Waals surface area (Å²) in [6.07, 6.45) is 2.71. The second kappa shape index (κ2) is 6.75. The Kier molecular flexibility index (Phi) is 4.52. The lowest BCUT2D eigenvalue weighted by Crippen LogP contribution is -2.35. The molecule has 0 amide bonds. The number of rotatable bonds is 5. The number of anilines is 1. The van der Waals surface area contributed by atoms with Crippen molar-refractivity contribution in [3.63, 3.8) is 0 Å². The molecule has 1 aromatic carbocycles. The number of methoxy groups -OCH3 is 1. The molecule has 24 heavy (non-hydrogen) atoms. The number of carbonyl (C=O) groups is 1. The van der Waals surface area contributed by atoms with Crippen LogP contribution in [-0.4, -0.2) is 35.9 Å². The predicted molar refractivity (Wildman–Crippen MR) is 89.3 cm³/mol. The van der Waals surface area contributed by atoms with E-state index in [1.165, 1.54) is 12.7 Å². The summed E-state index contributed by atoms with van der Waals surface area (Å²) >= 11 is 0. The Balaban J connectivity index is 1.72. The topological polar surface area (TPSA) is 71.2 Å². The van der Waals surface area contributed by atoms with Gasteiger partial charge in [0, 0.05) is 25.4 Å². The fraction of sp³-hybridized carbons (Fsp3) is 0.389. The third kappa shape index (κ3) is 3.11. The number of hydrogen-bond acceptors (Lipinski definition) is 5. The standard InChI is InChI=1S/C18H20N4O2/c1-24-17(23)18(8-10-19)9-12-21(14-18)16-7-11-22(20-16)13-15-5-3-2-4-6-15/h2-7,11H,8-9,12-14H2,1H3. The first-order chi connectivity index (χ1) is 11.7. The molecule has 0 radical (unpaired) electrons. The van der Waals surface area contributed by atoms with Crippen LogP contribution in [-0.2, 0) is 16.1 Å². The van der Waals surface area contributed by atoms with Crippen molar-refractivity contribution < 1.29 is 9.53 Å². The highest BCUT2D eigenvalue weighted by molar-refractivity contribution is 5.79. The maximum atomic E-state index is 12.1. The molecule has 3 rings (SSSR count). The van der Waals surface area contributed by atoms with E-state index in [9.17, 15) is 4.79 Å². The van der Waals surface area contributed by atoms with Crippen molar-refractivity contribution >= 4 is 11.8 Å². The molecule has 1 aliphatic heterocycles. The molecule has 6 nitrogen and oxygen atoms in total. The van der Waals surface area contributed by atoms with Crippen molar-refractivity contribution in [2.45, 2.75) is 19.4 Å². The summed E-state index contributed by atoms with van der Waals surface area (Å²) in [5.74, 6) is 0.518. The Morgan fingerprint density at radius 3 is 2.88 bits per heavy atom. The minimum atomic E-state index is -0.743. The lowest BCUT2D eigenvalue weighted by atomic mass is 9.84. The van der Waals surface area contributed by atoms with E-state index in [2.05, 4.69) is 28.2 Å². The highest BCUT2D eigenvalue weighted by Gasteiger charge is 2.46. The van der Waals surface area contributed by atoms with E-state index < -0.39 is 5.41 Å². The van der Waals surface area contributed by atoms with Gasteiger partial charge in [0.25, 0.3) is 0 Å². The second-order valence-corrected chi connectivity index (χ2v) is 6.14. The number of esters is 1. The van der Waals surface area contributed by atoms with Crippen LogP contribution in [0.3, 0.4) is 0 Å². The number of hydrogen-bond donors (Lipinski definition) is 0. The van der Waals surface area contributed by atoms with Crippen LogP contribution >= 0.6 is 0 Å². The summed E-state index contributed by atoms with van der Waals surface area (Å²) < 4.78 is 6.80. The number of ether oxygens (including phenoxy) is 1. The molecule has 0 aliphatic carbocycles. The highest BCUT2D eigenvalue weighted by atomic mass is 16.5. The van der Waals surface area contributed by atoms with Crippen LogP contribution in [0.4, 0.5) is 5.82 Å². The second-order valence-electron chi connectivity index (χ2n) is 6.14. The molecule has 2 heterocycles. The Morgan fingerprint density at radius 1 is 1.38 bits per heavy atom. The number of nitriles is 1. The molecule has 1 aliphatic rings. The number of benzene rings is 1. The van der Waals surface area contributed by atoms with E-state index in [0.717, 1.165) is 5.82 Å². The quantitative estimate of drug-likeness (QED) is 0.789. The van der Waals surface area contributed by atoms with Gasteiger partial charge in [-0.05, 0) is 12.0 Å². The lowest BCUT2D eigenvalue weighted by Gasteiger charge is -2.23. The van der Waals surface area contributed by atoms with E-state index in [4.69, 9.17) is 10.00 Å². The van der Waals surface area contributed by atoms with Crippen molar-refractivity contribution in [2.24, 2.45) is 5.41 Å². The largest absolute Gasteiger partial charge is 0.469 e. The van der Waals surface area contributed by atoms with Crippen LogP contribution in [0.15, 0.2) is 42.6 Å². The Labute approximate surface area is 141 Å². The zero-order valence-electron chi connectivity index (χ0n) is 13.7. The van der Waals surface area contributed by atoms with Gasteiger partial charge in [0.2, 0.25) is 0 Å². The number of carbonyl (C=O) groups excluding carboxylic acids is 1. The van der Waals surface area contributed by atoms with Gasteiger partial charge in [-0.2, -0.15) is 10.4 Å². The smallest absolute Gasteiger partial charge is 0.314 e. The van der Waals surface area contributed by atoms with Crippen molar-refractivity contribution in [3.8, 4) is 6.07 Å². The molecule has 0 bridgehead atoms. The Bertz CT molecular complexity index is 750. The minimum absolute atomic E-state index is 0.168. The van der Waals surface area contributed by atoms with Gasteiger partial charge in [-0.1, -0.05) is 30.3 Å². The molecule has 0 spiro atoms. The SMILES string of the molecule is COC(=O)C1(CC#N)CCN(c2ccn(Cc3ccccc3)n2)C1. The molecular formula is C18H20N4O2. The first kappa shape index (κ1) is 16.1. The van der Waals surface area contributed by atoms with Gasteiger partial charge in [0.15, 0.2) is 5.82 Å². The summed E-state index contributed by atoms with van der Waals surface area (Å²) in [5, 5.41) is 13.7. The average molecular weight is 324 g/mol. The monoisotopic (exact) mass is 324 g/mol. The van der Waals surface area contributed by atoms with E-state index in [1.54, 1.807) is 0 Å². The molecule has 0 N–H and O–H groups in total. The van der Waals surface area contributed by atoms with E-state index in [1.807, 2.05) is 35.1 Å². The third-order valence-corrected chi connectivity index (χ3v) is 4.53. The van der Waals surface area contributed by atoms with Crippen molar-refractivity contribution in [1.82, 2.24) is 9.78 Å². The highest BCUT2D eigenvalue weighted by Crippen LogP contribution is 2.36. The molecule has 1 saturated heterocycles. The van der Waals surface area contributed by atoms with Gasteiger partial charge >= 0.3 is 5.97 Å². The molecule has 1 unspecified atom stereocenters. The summed E-state index contributed by atoms with van der Waals surface area (Å²) in [5.41, 5.74) is 0.439. The Hall–Kier alpha value is -2.81. The minimum Gasteiger partial charge on any atom is -0.469 e. The first-order valence-corrected chi connectivity index (χ1v) is 7.94. The van der Waals surface area contributed by atoms with E-state index >= 15 is 0 Å². The van der Waals surface area contributed by atoms with Crippen LogP contribution in [0.5, 0.6) is 0 Å². The average Bonchev–Trinajstić information content (AvgIpc) is 3.23. The predicted octanol–water partition coefficient (Wildman–Crippen LogP) is 2.21. The van der Waals surface area contributed by atoms with Gasteiger partial charge in [-0.3, -0.25) is 9.48 Å². The molecule has 0 saturated carbocycles. The maximum Gasteiger partial charge on any atom is 0.314 e. The van der Waals surface area contributed by atoms with Crippen LogP contribution in [0.25, 0.3) is 0 Å². The van der Waals surface area contributed by atoms with Crippen molar-refractivity contribution in [2.75, 3.05) is 25.1 Å². The maximum absolute atomic E-state index is 12.1. The van der Waals surface area contributed by atoms with Gasteiger partial charge in [-0.25, -0.2) is 0 Å². The van der Waals surface area contributed by atoms with Gasteiger partial charge in [-0.15, -0.1) is 0 Å². The van der Waals surface area contributed by atoms with Gasteiger partial charge < -0.3 is 9.64 Å². The summed E-state index contributed by atoms with van der Waals surface area (Å²) in [4.78, 5) is 14.2. The van der Waals surface area contributed by atoms with Crippen LogP contribution < -0.4 is 4.90 Å². The van der Waals surface area contributed by atoms with Gasteiger partial charge in [0.1, 0.15) is 5.41 Å². The fourth-order valence-electron chi connectivity index (χ4n) is 3.20. The van der Waals surface area contributed by atoms with Crippen LogP contribution in [0.1, 0.15) is 18.4 Å². The molecule has 6 heteroatoms. The third-order valence-electron chi connectivity index (χ3n) is 4.53. The first-order valence-electron chi connectivity index (χ1n) is 7.94. The lowest BCUT2D eigenvalue weighted by molar-refractivity contribution is -0.151. The molecule has 1 atom stereocenters. The molecular weight excluding hydrogens is 304 g/mol. The van der Waals surface area contributed by atoms with Crippen LogP contribution in [0.2, 0.25) is 0 Å². The van der Waals surface area contributed by atoms with E-state index in [-0.39, 0.29) is 12.4 Å². The molecule has 1 aromatic heterocycles. The zero-order valence-corrected chi connectivity index (χ0v) is 13.7. The zero-order chi connectivity index (χ0) is 17.0. The molecule has 1 fully saturated rings. The van der Waals surface area contributed by atoms with Crippen molar-refractivity contribution in [1.29, 1.82) is 5.26 Å². The van der Waals surface area contributed by atoms with Crippen molar-refractivity contribution in [3.05, 3.63) is 48.2 Å². The fourth-order valence-corrected chi connectivity index (χ4v) is 3.20. The molecule has 124 valence electrons. The molecule has 2 aromatic rings. The van der Waals surface area contributed by atoms with Crippen LogP contribution in [0, 0.1) is 16.7 Å². The number of nitrogens with zero attached hydrogens (tertiary/aromatic N) is 4.